The fourth-order valence-corrected chi connectivity index (χ4v) is 4.03. The van der Waals surface area contributed by atoms with E-state index in [0.29, 0.717) is 6.73 Å². The van der Waals surface area contributed by atoms with Crippen LogP contribution in [0, 0.1) is 0 Å². The monoisotopic (exact) mass is 390 g/mol. The number of hydrogen-bond donors (Lipinski definition) is 0. The molecule has 3 heterocycles. The van der Waals surface area contributed by atoms with Crippen molar-refractivity contribution in [3.63, 3.8) is 0 Å². The second-order valence-corrected chi connectivity index (χ2v) is 13.8. The molecule has 1 aromatic carbocycles. The van der Waals surface area contributed by atoms with E-state index in [1.165, 1.54) is 0 Å². The Morgan fingerprint density at radius 1 is 1.00 bits per heavy atom. The first kappa shape index (κ1) is 18.7. The molecule has 0 spiro atoms. The van der Waals surface area contributed by atoms with Crippen LogP contribution in [-0.4, -0.2) is 34.0 Å². The van der Waals surface area contributed by atoms with Gasteiger partial charge >= 0.3 is 0 Å². The van der Waals surface area contributed by atoms with E-state index in [4.69, 9.17) is 4.74 Å². The van der Waals surface area contributed by atoms with Crippen LogP contribution in [0.3, 0.4) is 0 Å². The van der Waals surface area contributed by atoms with Crippen LogP contribution in [0.4, 0.5) is 0 Å². The molecule has 5 nitrogen and oxygen atoms in total. The minimum absolute atomic E-state index is 0.503. The molecule has 3 aromatic heterocycles. The van der Waals surface area contributed by atoms with Crippen LogP contribution in [0.2, 0.25) is 25.7 Å². The molecule has 0 bridgehead atoms. The molecular weight excluding hydrogens is 364 g/mol. The fourth-order valence-electron chi connectivity index (χ4n) is 3.28. The molecule has 4 rings (SSSR count). The second kappa shape index (κ2) is 7.73. The van der Waals surface area contributed by atoms with E-state index < -0.39 is 8.07 Å². The van der Waals surface area contributed by atoms with Crippen molar-refractivity contribution in [3.05, 3.63) is 67.3 Å². The standard InChI is InChI=1S/C22H26N4OSi/c1-28(2,3)15-14-27-17-25-16-19(18-8-5-4-6-9-18)21-20(10-12-23-22(21)25)26-13-7-11-24-26/h4-13,16H,14-15,17H2,1-3H3. The first-order valence-electron chi connectivity index (χ1n) is 9.64. The van der Waals surface area contributed by atoms with Crippen molar-refractivity contribution in [1.82, 2.24) is 19.3 Å². The highest BCUT2D eigenvalue weighted by Gasteiger charge is 2.17. The van der Waals surface area contributed by atoms with Gasteiger partial charge in [0.2, 0.25) is 0 Å². The summed E-state index contributed by atoms with van der Waals surface area (Å²) in [6, 6.07) is 15.5. The maximum absolute atomic E-state index is 6.02. The van der Waals surface area contributed by atoms with Gasteiger partial charge in [-0.3, -0.25) is 0 Å². The molecule has 0 fully saturated rings. The summed E-state index contributed by atoms with van der Waals surface area (Å²) in [5.74, 6) is 0. The van der Waals surface area contributed by atoms with E-state index >= 15 is 0 Å². The summed E-state index contributed by atoms with van der Waals surface area (Å²) in [5, 5.41) is 5.53. The molecule has 144 valence electrons. The Morgan fingerprint density at radius 3 is 2.54 bits per heavy atom. The van der Waals surface area contributed by atoms with E-state index in [9.17, 15) is 0 Å². The zero-order chi connectivity index (χ0) is 19.6. The molecule has 0 N–H and O–H groups in total. The lowest BCUT2D eigenvalue weighted by atomic mass is 10.1. The fraction of sp³-hybridized carbons (Fsp3) is 0.273. The number of rotatable bonds is 7. The van der Waals surface area contributed by atoms with Crippen molar-refractivity contribution in [2.24, 2.45) is 0 Å². The Morgan fingerprint density at radius 2 is 1.82 bits per heavy atom. The van der Waals surface area contributed by atoms with Crippen LogP contribution >= 0.6 is 0 Å². The number of ether oxygens (including phenoxy) is 1. The molecule has 0 amide bonds. The highest BCUT2D eigenvalue weighted by atomic mass is 28.3. The van der Waals surface area contributed by atoms with Crippen LogP contribution in [-0.2, 0) is 11.5 Å². The average molecular weight is 391 g/mol. The summed E-state index contributed by atoms with van der Waals surface area (Å²) in [5.41, 5.74) is 4.24. The van der Waals surface area contributed by atoms with Crippen molar-refractivity contribution in [3.8, 4) is 16.8 Å². The van der Waals surface area contributed by atoms with Crippen LogP contribution in [0.5, 0.6) is 0 Å². The number of hydrogen-bond acceptors (Lipinski definition) is 3. The van der Waals surface area contributed by atoms with Gasteiger partial charge in [0.1, 0.15) is 12.4 Å². The maximum Gasteiger partial charge on any atom is 0.144 e. The molecule has 0 radical (unpaired) electrons. The van der Waals surface area contributed by atoms with Gasteiger partial charge in [-0.05, 0) is 23.7 Å². The van der Waals surface area contributed by atoms with Gasteiger partial charge in [-0.1, -0.05) is 50.0 Å². The predicted octanol–water partition coefficient (Wildman–Crippen LogP) is 5.20. The maximum atomic E-state index is 6.02. The van der Waals surface area contributed by atoms with Crippen LogP contribution in [0.1, 0.15) is 0 Å². The number of aromatic nitrogens is 4. The van der Waals surface area contributed by atoms with E-state index in [1.807, 2.05) is 35.3 Å². The summed E-state index contributed by atoms with van der Waals surface area (Å²) in [6.45, 7) is 8.39. The van der Waals surface area contributed by atoms with Gasteiger partial charge in [-0.15, -0.1) is 0 Å². The SMILES string of the molecule is C[Si](C)(C)CCOCn1cc(-c2ccccc2)c2c(-n3cccn3)ccnc21. The Kier molecular flexibility index (Phi) is 5.15. The summed E-state index contributed by atoms with van der Waals surface area (Å²) in [4.78, 5) is 4.68. The van der Waals surface area contributed by atoms with Gasteiger partial charge in [0.25, 0.3) is 0 Å². The Hall–Kier alpha value is -2.70. The zero-order valence-corrected chi connectivity index (χ0v) is 17.7. The average Bonchev–Trinajstić information content (AvgIpc) is 3.33. The van der Waals surface area contributed by atoms with Gasteiger partial charge < -0.3 is 9.30 Å². The van der Waals surface area contributed by atoms with Gasteiger partial charge in [0, 0.05) is 45.0 Å². The third kappa shape index (κ3) is 3.93. The number of pyridine rings is 1. The van der Waals surface area contributed by atoms with Gasteiger partial charge in [-0.2, -0.15) is 5.10 Å². The van der Waals surface area contributed by atoms with Crippen LogP contribution in [0.25, 0.3) is 27.8 Å². The number of nitrogens with zero attached hydrogens (tertiary/aromatic N) is 4. The molecule has 0 aliphatic heterocycles. The first-order chi connectivity index (χ1) is 13.5. The van der Waals surface area contributed by atoms with E-state index in [-0.39, 0.29) is 0 Å². The minimum Gasteiger partial charge on any atom is -0.361 e. The highest BCUT2D eigenvalue weighted by Crippen LogP contribution is 2.33. The Bertz CT molecular complexity index is 1050. The van der Waals surface area contributed by atoms with Crippen molar-refractivity contribution < 1.29 is 4.74 Å². The van der Waals surface area contributed by atoms with Crippen molar-refractivity contribution in [1.29, 1.82) is 0 Å². The summed E-state index contributed by atoms with van der Waals surface area (Å²) in [7, 11) is -1.10. The van der Waals surface area contributed by atoms with Gasteiger partial charge in [-0.25, -0.2) is 9.67 Å². The van der Waals surface area contributed by atoms with Crippen molar-refractivity contribution in [2.75, 3.05) is 6.61 Å². The van der Waals surface area contributed by atoms with Gasteiger partial charge in [0.05, 0.1) is 11.1 Å². The van der Waals surface area contributed by atoms with Crippen molar-refractivity contribution >= 4 is 19.1 Å². The first-order valence-corrected chi connectivity index (χ1v) is 13.3. The Labute approximate surface area is 166 Å². The lowest BCUT2D eigenvalue weighted by molar-refractivity contribution is 0.0899. The normalized spacial score (nSPS) is 12.0. The predicted molar refractivity (Wildman–Crippen MR) is 116 cm³/mol. The molecule has 6 heteroatoms. The molecule has 0 unspecified atom stereocenters. The van der Waals surface area contributed by atoms with E-state index in [1.54, 1.807) is 6.20 Å². The zero-order valence-electron chi connectivity index (χ0n) is 16.7. The molecule has 0 aliphatic rings. The molecule has 0 saturated heterocycles. The summed E-state index contributed by atoms with van der Waals surface area (Å²) in [6.07, 6.45) is 7.75. The molecular formula is C22H26N4OSi. The largest absolute Gasteiger partial charge is 0.361 e. The topological polar surface area (TPSA) is 44.9 Å². The summed E-state index contributed by atoms with van der Waals surface area (Å²) < 4.78 is 10.0. The highest BCUT2D eigenvalue weighted by molar-refractivity contribution is 6.76. The molecule has 28 heavy (non-hydrogen) atoms. The van der Waals surface area contributed by atoms with E-state index in [0.717, 1.165) is 40.5 Å². The lowest BCUT2D eigenvalue weighted by Crippen LogP contribution is -2.22. The van der Waals surface area contributed by atoms with Crippen LogP contribution in [0.15, 0.2) is 67.3 Å². The third-order valence-electron chi connectivity index (χ3n) is 4.80. The lowest BCUT2D eigenvalue weighted by Gasteiger charge is -2.15. The smallest absolute Gasteiger partial charge is 0.144 e. The quantitative estimate of drug-likeness (QED) is 0.322. The number of benzene rings is 1. The van der Waals surface area contributed by atoms with E-state index in [2.05, 4.69) is 64.8 Å². The van der Waals surface area contributed by atoms with Gasteiger partial charge in [0.15, 0.2) is 0 Å². The molecule has 4 aromatic rings. The molecule has 0 saturated carbocycles. The third-order valence-corrected chi connectivity index (χ3v) is 6.50. The second-order valence-electron chi connectivity index (χ2n) is 8.21. The molecule has 0 atom stereocenters. The summed E-state index contributed by atoms with van der Waals surface area (Å²) >= 11 is 0. The van der Waals surface area contributed by atoms with Crippen LogP contribution < -0.4 is 0 Å². The minimum atomic E-state index is -1.10. The van der Waals surface area contributed by atoms with Crippen molar-refractivity contribution in [2.45, 2.75) is 32.4 Å². The number of fused-ring (bicyclic) bond motifs is 1. The Balaban J connectivity index is 1.76. The molecule has 0 aliphatic carbocycles.